The van der Waals surface area contributed by atoms with E-state index >= 15 is 0 Å². The van der Waals surface area contributed by atoms with E-state index in [0.717, 1.165) is 37.3 Å². The van der Waals surface area contributed by atoms with E-state index in [4.69, 9.17) is 9.47 Å². The number of nitrogens with zero attached hydrogens (tertiary/aromatic N) is 1. The van der Waals surface area contributed by atoms with Crippen LogP contribution in [0.4, 0.5) is 0 Å². The van der Waals surface area contributed by atoms with Gasteiger partial charge < -0.3 is 14.4 Å². The molecule has 0 amide bonds. The molecule has 1 aliphatic carbocycles. The van der Waals surface area contributed by atoms with E-state index in [1.54, 1.807) is 11.8 Å². The third kappa shape index (κ3) is 2.95. The van der Waals surface area contributed by atoms with Gasteiger partial charge in [0.25, 0.3) is 0 Å². The highest BCUT2D eigenvalue weighted by Gasteiger charge is 2.48. The summed E-state index contributed by atoms with van der Waals surface area (Å²) < 4.78 is 10.6. The molecule has 1 saturated heterocycles. The van der Waals surface area contributed by atoms with E-state index in [0.29, 0.717) is 11.3 Å². The molecule has 1 spiro atoms. The number of thioether (sulfide) groups is 1. The van der Waals surface area contributed by atoms with Crippen molar-refractivity contribution in [3.63, 3.8) is 0 Å². The third-order valence-corrected chi connectivity index (χ3v) is 6.19. The normalized spacial score (nSPS) is 35.2. The summed E-state index contributed by atoms with van der Waals surface area (Å²) in [5.41, 5.74) is 1.44. The smallest absolute Gasteiger partial charge is 0.346 e. The molecular formula is C16H25NO3S. The van der Waals surface area contributed by atoms with E-state index in [-0.39, 0.29) is 11.6 Å². The summed E-state index contributed by atoms with van der Waals surface area (Å²) in [5.74, 6) is -0.171. The van der Waals surface area contributed by atoms with Crippen LogP contribution in [0, 0.1) is 0 Å². The van der Waals surface area contributed by atoms with Gasteiger partial charge in [0.15, 0.2) is 0 Å². The van der Waals surface area contributed by atoms with E-state index < -0.39 is 0 Å². The molecule has 1 saturated carbocycles. The number of rotatable bonds is 4. The van der Waals surface area contributed by atoms with Crippen molar-refractivity contribution < 1.29 is 14.3 Å². The van der Waals surface area contributed by atoms with Gasteiger partial charge in [-0.15, -0.1) is 11.8 Å². The number of methoxy groups -OCH3 is 1. The zero-order chi connectivity index (χ0) is 15.0. The van der Waals surface area contributed by atoms with Crippen LogP contribution in [0.15, 0.2) is 10.6 Å². The lowest BCUT2D eigenvalue weighted by Crippen LogP contribution is -2.39. The molecule has 5 heteroatoms. The van der Waals surface area contributed by atoms with Crippen LogP contribution in [-0.2, 0) is 14.3 Å². The van der Waals surface area contributed by atoms with Gasteiger partial charge >= 0.3 is 5.97 Å². The number of carbonyl (C=O) groups is 1. The average molecular weight is 311 g/mol. The summed E-state index contributed by atoms with van der Waals surface area (Å²) >= 11 is 1.66. The lowest BCUT2D eigenvalue weighted by molar-refractivity contribution is -0.135. The molecule has 21 heavy (non-hydrogen) atoms. The monoisotopic (exact) mass is 311 g/mol. The van der Waals surface area contributed by atoms with Crippen molar-refractivity contribution >= 4 is 17.7 Å². The number of ether oxygens (including phenoxy) is 2. The fourth-order valence-electron chi connectivity index (χ4n) is 3.68. The Morgan fingerprint density at radius 1 is 1.48 bits per heavy atom. The minimum atomic E-state index is -0.171. The first-order valence-corrected chi connectivity index (χ1v) is 8.85. The number of carbonyl (C=O) groups excluding carboxylic acids is 1. The summed E-state index contributed by atoms with van der Waals surface area (Å²) in [4.78, 5) is 15.3. The zero-order valence-electron chi connectivity index (χ0n) is 13.2. The average Bonchev–Trinajstić information content (AvgIpc) is 3.14. The molecule has 1 unspecified atom stereocenters. The maximum absolute atomic E-state index is 12.0. The Hall–Kier alpha value is -0.680. The van der Waals surface area contributed by atoms with Gasteiger partial charge in [0.2, 0.25) is 0 Å². The van der Waals surface area contributed by atoms with Gasteiger partial charge in [-0.1, -0.05) is 6.92 Å². The molecular weight excluding hydrogens is 286 g/mol. The first kappa shape index (κ1) is 15.2. The van der Waals surface area contributed by atoms with Crippen molar-refractivity contribution in [3.8, 4) is 0 Å². The molecule has 2 fully saturated rings. The van der Waals surface area contributed by atoms with Gasteiger partial charge in [0.05, 0.1) is 19.3 Å². The van der Waals surface area contributed by atoms with Crippen molar-refractivity contribution in [2.45, 2.75) is 62.8 Å². The van der Waals surface area contributed by atoms with Crippen molar-refractivity contribution in [3.05, 3.63) is 10.6 Å². The Labute approximate surface area is 131 Å². The molecule has 0 N–H and O–H groups in total. The van der Waals surface area contributed by atoms with Crippen LogP contribution < -0.4 is 0 Å². The lowest BCUT2D eigenvalue weighted by Gasteiger charge is -2.38. The van der Waals surface area contributed by atoms with Crippen LogP contribution in [0.25, 0.3) is 0 Å². The number of allylic oxidation sites excluding steroid dienone is 1. The van der Waals surface area contributed by atoms with Crippen molar-refractivity contribution in [2.24, 2.45) is 0 Å². The van der Waals surface area contributed by atoms with Gasteiger partial charge in [-0.25, -0.2) is 4.79 Å². The van der Waals surface area contributed by atoms with E-state index in [1.807, 2.05) is 0 Å². The number of epoxide rings is 1. The maximum Gasteiger partial charge on any atom is 0.346 e. The Morgan fingerprint density at radius 2 is 2.14 bits per heavy atom. The molecule has 4 nitrogen and oxygen atoms in total. The number of hydrogen-bond donors (Lipinski definition) is 0. The number of hydrogen-bond acceptors (Lipinski definition) is 5. The highest BCUT2D eigenvalue weighted by atomic mass is 32.2. The van der Waals surface area contributed by atoms with Crippen molar-refractivity contribution in [1.29, 1.82) is 0 Å². The number of esters is 1. The Bertz CT molecular complexity index is 448. The first-order valence-electron chi connectivity index (χ1n) is 7.97. The molecule has 0 radical (unpaired) electrons. The lowest BCUT2D eigenvalue weighted by atomic mass is 9.85. The summed E-state index contributed by atoms with van der Waals surface area (Å²) in [7, 11) is 1.47. The predicted octanol–water partition coefficient (Wildman–Crippen LogP) is 2.93. The Morgan fingerprint density at radius 3 is 2.67 bits per heavy atom. The zero-order valence-corrected chi connectivity index (χ0v) is 14.0. The maximum atomic E-state index is 12.0. The molecule has 2 aliphatic heterocycles. The Kier molecular flexibility index (Phi) is 4.23. The van der Waals surface area contributed by atoms with Crippen LogP contribution in [0.1, 0.15) is 46.0 Å². The quantitative estimate of drug-likeness (QED) is 0.590. The van der Waals surface area contributed by atoms with Gasteiger partial charge in [-0.3, -0.25) is 0 Å². The molecule has 118 valence electrons. The predicted molar refractivity (Wildman–Crippen MR) is 84.0 cm³/mol. The molecule has 0 bridgehead atoms. The minimum Gasteiger partial charge on any atom is -0.465 e. The van der Waals surface area contributed by atoms with Crippen molar-refractivity contribution in [1.82, 2.24) is 4.90 Å². The largest absolute Gasteiger partial charge is 0.465 e. The molecule has 3 aliphatic rings. The highest BCUT2D eigenvalue weighted by Crippen LogP contribution is 2.46. The summed E-state index contributed by atoms with van der Waals surface area (Å²) in [6, 6.07) is 0.547. The van der Waals surface area contributed by atoms with E-state index in [1.165, 1.54) is 25.6 Å². The summed E-state index contributed by atoms with van der Waals surface area (Å²) in [5, 5.41) is 0.463. The third-order valence-electron chi connectivity index (χ3n) is 4.98. The van der Waals surface area contributed by atoms with E-state index in [9.17, 15) is 4.79 Å². The second-order valence-electron chi connectivity index (χ2n) is 6.39. The topological polar surface area (TPSA) is 42.1 Å². The van der Waals surface area contributed by atoms with Gasteiger partial charge in [0, 0.05) is 30.0 Å². The summed E-state index contributed by atoms with van der Waals surface area (Å²) in [6.07, 6.45) is 5.65. The minimum absolute atomic E-state index is 0.171. The van der Waals surface area contributed by atoms with Crippen LogP contribution in [0.3, 0.4) is 0 Å². The second kappa shape index (κ2) is 5.84. The molecule has 0 aromatic heterocycles. The fraction of sp³-hybridized carbons (Fsp3) is 0.812. The van der Waals surface area contributed by atoms with Crippen LogP contribution in [0.2, 0.25) is 0 Å². The van der Waals surface area contributed by atoms with Crippen LogP contribution in [-0.4, -0.2) is 48.0 Å². The van der Waals surface area contributed by atoms with Gasteiger partial charge in [0.1, 0.15) is 4.91 Å². The second-order valence-corrected chi connectivity index (χ2v) is 7.84. The standard InChI is InChI=1S/C16H25NO3S/c1-4-17(12-5-7-16(8-6-12)10-20-16)13-9-11(2)21-14(13)15(18)19-3/h11-12H,4-10H2,1-3H3. The van der Waals surface area contributed by atoms with Crippen molar-refractivity contribution in [2.75, 3.05) is 20.3 Å². The fourth-order valence-corrected chi connectivity index (χ4v) is 4.84. The molecule has 2 heterocycles. The Balaban J connectivity index is 1.76. The van der Waals surface area contributed by atoms with E-state index in [2.05, 4.69) is 18.7 Å². The highest BCUT2D eigenvalue weighted by molar-refractivity contribution is 8.04. The van der Waals surface area contributed by atoms with Gasteiger partial charge in [-0.05, 0) is 32.6 Å². The molecule has 0 aromatic carbocycles. The SMILES string of the molecule is CCN(C1=C(C(=O)OC)SC(C)C1)C1CCC2(CC1)CO2. The summed E-state index contributed by atoms with van der Waals surface area (Å²) in [6.45, 7) is 6.28. The van der Waals surface area contributed by atoms with Gasteiger partial charge in [-0.2, -0.15) is 0 Å². The molecule has 3 rings (SSSR count). The van der Waals surface area contributed by atoms with Crippen LogP contribution in [0.5, 0.6) is 0 Å². The molecule has 0 aromatic rings. The molecule has 1 atom stereocenters. The first-order chi connectivity index (χ1) is 10.1. The van der Waals surface area contributed by atoms with Crippen LogP contribution >= 0.6 is 11.8 Å².